The summed E-state index contributed by atoms with van der Waals surface area (Å²) in [6.45, 7) is 0. The maximum absolute atomic E-state index is 13.9. The Morgan fingerprint density at radius 2 is 1.81 bits per heavy atom. The molecule has 3 nitrogen and oxygen atoms in total. The Morgan fingerprint density at radius 3 is 2.48 bits per heavy atom. The van der Waals surface area contributed by atoms with Crippen LogP contribution in [0, 0.1) is 11.6 Å². The number of benzene rings is 1. The molecule has 1 aliphatic rings. The highest BCUT2D eigenvalue weighted by molar-refractivity contribution is 5.72. The van der Waals surface area contributed by atoms with E-state index >= 15 is 0 Å². The largest absolute Gasteiger partial charge is 0.396 e. The highest BCUT2D eigenvalue weighted by Gasteiger charge is 2.19. The number of rotatable bonds is 2. The first kappa shape index (κ1) is 14.0. The molecule has 2 N–H and O–H groups in total. The lowest BCUT2D eigenvalue weighted by molar-refractivity contribution is 0.406. The minimum atomic E-state index is -0.632. The van der Waals surface area contributed by atoms with E-state index in [1.165, 1.54) is 37.8 Å². The van der Waals surface area contributed by atoms with Gasteiger partial charge in [-0.25, -0.2) is 8.78 Å². The molecule has 112 valence electrons. The zero-order chi connectivity index (χ0) is 14.8. The fourth-order valence-electron chi connectivity index (χ4n) is 3.01. The van der Waals surface area contributed by atoms with E-state index < -0.39 is 11.6 Å². The van der Waals surface area contributed by atoms with E-state index in [9.17, 15) is 8.78 Å². The average molecular weight is 291 g/mol. The monoisotopic (exact) mass is 291 g/mol. The summed E-state index contributed by atoms with van der Waals surface area (Å²) in [6, 6.07) is 3.80. The van der Waals surface area contributed by atoms with Gasteiger partial charge in [-0.05, 0) is 25.0 Å². The first-order chi connectivity index (χ1) is 10.1. The Hall–Kier alpha value is -1.91. The Balaban J connectivity index is 1.93. The summed E-state index contributed by atoms with van der Waals surface area (Å²) in [5, 5.41) is 4.47. The molecule has 1 fully saturated rings. The van der Waals surface area contributed by atoms with E-state index in [4.69, 9.17) is 5.73 Å². The van der Waals surface area contributed by atoms with E-state index in [-0.39, 0.29) is 5.56 Å². The molecular formula is C16H19F2N3. The molecular weight excluding hydrogens is 272 g/mol. The molecule has 1 saturated carbocycles. The maximum Gasteiger partial charge on any atom is 0.135 e. The van der Waals surface area contributed by atoms with Gasteiger partial charge in [-0.2, -0.15) is 5.10 Å². The number of nitrogens with zero attached hydrogens (tertiary/aromatic N) is 2. The topological polar surface area (TPSA) is 43.8 Å². The van der Waals surface area contributed by atoms with Gasteiger partial charge in [-0.15, -0.1) is 0 Å². The average Bonchev–Trinajstić information content (AvgIpc) is 2.67. The van der Waals surface area contributed by atoms with Crippen LogP contribution in [0.25, 0.3) is 11.3 Å². The fourth-order valence-corrected chi connectivity index (χ4v) is 3.01. The molecule has 0 unspecified atom stereocenters. The predicted octanol–water partition coefficient (Wildman–Crippen LogP) is 4.31. The summed E-state index contributed by atoms with van der Waals surface area (Å²) in [7, 11) is 0. The molecule has 1 aromatic heterocycles. The minimum Gasteiger partial charge on any atom is -0.396 e. The van der Waals surface area contributed by atoms with Crippen molar-refractivity contribution >= 4 is 5.69 Å². The molecule has 21 heavy (non-hydrogen) atoms. The smallest absolute Gasteiger partial charge is 0.135 e. The zero-order valence-electron chi connectivity index (χ0n) is 11.9. The highest BCUT2D eigenvalue weighted by Crippen LogP contribution is 2.32. The van der Waals surface area contributed by atoms with Crippen LogP contribution in [-0.4, -0.2) is 9.78 Å². The van der Waals surface area contributed by atoms with Gasteiger partial charge in [0.15, 0.2) is 0 Å². The number of aromatic nitrogens is 2. The maximum atomic E-state index is 13.9. The van der Waals surface area contributed by atoms with Crippen LogP contribution in [-0.2, 0) is 0 Å². The molecule has 2 aromatic rings. The van der Waals surface area contributed by atoms with Crippen LogP contribution in [0.4, 0.5) is 14.5 Å². The van der Waals surface area contributed by atoms with Crippen LogP contribution in [0.15, 0.2) is 24.4 Å². The molecule has 0 spiro atoms. The second kappa shape index (κ2) is 5.84. The van der Waals surface area contributed by atoms with E-state index in [2.05, 4.69) is 5.10 Å². The molecule has 0 amide bonds. The summed E-state index contributed by atoms with van der Waals surface area (Å²) in [6.07, 6.45) is 8.81. The van der Waals surface area contributed by atoms with Crippen LogP contribution >= 0.6 is 0 Å². The van der Waals surface area contributed by atoms with E-state index in [0.717, 1.165) is 18.9 Å². The SMILES string of the molecule is Nc1cn(C2CCCCCC2)nc1-c1ccc(F)cc1F. The summed E-state index contributed by atoms with van der Waals surface area (Å²) in [4.78, 5) is 0. The molecule has 0 radical (unpaired) electrons. The summed E-state index contributed by atoms with van der Waals surface area (Å²) in [5.41, 5.74) is 7.07. The molecule has 5 heteroatoms. The summed E-state index contributed by atoms with van der Waals surface area (Å²) < 4.78 is 28.8. The highest BCUT2D eigenvalue weighted by atomic mass is 19.1. The fraction of sp³-hybridized carbons (Fsp3) is 0.438. The quantitative estimate of drug-likeness (QED) is 0.838. The van der Waals surface area contributed by atoms with Crippen molar-refractivity contribution in [2.45, 2.75) is 44.6 Å². The number of nitrogens with two attached hydrogens (primary N) is 1. The lowest BCUT2D eigenvalue weighted by Crippen LogP contribution is -2.08. The van der Waals surface area contributed by atoms with Crippen molar-refractivity contribution < 1.29 is 8.78 Å². The summed E-state index contributed by atoms with van der Waals surface area (Å²) in [5.74, 6) is -1.23. The number of nitrogen functional groups attached to an aromatic ring is 1. The predicted molar refractivity (Wildman–Crippen MR) is 78.7 cm³/mol. The van der Waals surface area contributed by atoms with Gasteiger partial charge in [0.1, 0.15) is 17.3 Å². The van der Waals surface area contributed by atoms with Gasteiger partial charge >= 0.3 is 0 Å². The van der Waals surface area contributed by atoms with Crippen LogP contribution in [0.3, 0.4) is 0 Å². The molecule has 0 saturated heterocycles. The van der Waals surface area contributed by atoms with Gasteiger partial charge in [-0.1, -0.05) is 25.7 Å². The van der Waals surface area contributed by atoms with Crippen LogP contribution in [0.5, 0.6) is 0 Å². The zero-order valence-corrected chi connectivity index (χ0v) is 11.9. The van der Waals surface area contributed by atoms with Gasteiger partial charge in [0.25, 0.3) is 0 Å². The molecule has 1 heterocycles. The lowest BCUT2D eigenvalue weighted by atomic mass is 10.1. The number of hydrogen-bond acceptors (Lipinski definition) is 2. The molecule has 0 aliphatic heterocycles. The van der Waals surface area contributed by atoms with Crippen LogP contribution < -0.4 is 5.73 Å². The molecule has 3 rings (SSSR count). The van der Waals surface area contributed by atoms with E-state index in [1.54, 1.807) is 6.20 Å². The minimum absolute atomic E-state index is 0.251. The Morgan fingerprint density at radius 1 is 1.10 bits per heavy atom. The van der Waals surface area contributed by atoms with Crippen molar-refractivity contribution in [3.8, 4) is 11.3 Å². The van der Waals surface area contributed by atoms with Gasteiger partial charge < -0.3 is 5.73 Å². The molecule has 1 aliphatic carbocycles. The first-order valence-electron chi connectivity index (χ1n) is 7.45. The number of anilines is 1. The second-order valence-electron chi connectivity index (χ2n) is 5.68. The van der Waals surface area contributed by atoms with Crippen molar-refractivity contribution in [1.82, 2.24) is 9.78 Å². The van der Waals surface area contributed by atoms with Gasteiger partial charge in [0.05, 0.1) is 11.7 Å². The third kappa shape index (κ3) is 2.91. The Labute approximate surface area is 122 Å². The van der Waals surface area contributed by atoms with Gasteiger partial charge in [0, 0.05) is 17.8 Å². The van der Waals surface area contributed by atoms with Crippen molar-refractivity contribution in [1.29, 1.82) is 0 Å². The standard InChI is InChI=1S/C16H19F2N3/c17-11-7-8-13(14(18)9-11)16-15(19)10-21(20-16)12-5-3-1-2-4-6-12/h7-10,12H,1-6,19H2. The van der Waals surface area contributed by atoms with Crippen molar-refractivity contribution in [2.24, 2.45) is 0 Å². The van der Waals surface area contributed by atoms with Crippen molar-refractivity contribution in [3.63, 3.8) is 0 Å². The van der Waals surface area contributed by atoms with E-state index in [1.807, 2.05) is 4.68 Å². The molecule has 1 aromatic carbocycles. The number of halogens is 2. The van der Waals surface area contributed by atoms with Crippen LogP contribution in [0.1, 0.15) is 44.6 Å². The second-order valence-corrected chi connectivity index (χ2v) is 5.68. The lowest BCUT2D eigenvalue weighted by Gasteiger charge is -2.14. The molecule has 0 bridgehead atoms. The van der Waals surface area contributed by atoms with Crippen LogP contribution in [0.2, 0.25) is 0 Å². The van der Waals surface area contributed by atoms with Crippen molar-refractivity contribution in [3.05, 3.63) is 36.0 Å². The third-order valence-electron chi connectivity index (χ3n) is 4.15. The normalized spacial score (nSPS) is 16.9. The van der Waals surface area contributed by atoms with Gasteiger partial charge in [-0.3, -0.25) is 4.68 Å². The van der Waals surface area contributed by atoms with Crippen molar-refractivity contribution in [2.75, 3.05) is 5.73 Å². The Bertz CT molecular complexity index is 628. The van der Waals surface area contributed by atoms with Gasteiger partial charge in [0.2, 0.25) is 0 Å². The molecule has 0 atom stereocenters. The Kier molecular flexibility index (Phi) is 3.90. The third-order valence-corrected chi connectivity index (χ3v) is 4.15. The number of hydrogen-bond donors (Lipinski definition) is 1. The first-order valence-corrected chi connectivity index (χ1v) is 7.45. The summed E-state index contributed by atoms with van der Waals surface area (Å²) >= 11 is 0. The van der Waals surface area contributed by atoms with E-state index in [0.29, 0.717) is 17.4 Å².